The molecule has 0 saturated heterocycles. The molecule has 0 spiro atoms. The van der Waals surface area contributed by atoms with Gasteiger partial charge < -0.3 is 4.90 Å². The second kappa shape index (κ2) is 7.40. The molecule has 0 heterocycles. The summed E-state index contributed by atoms with van der Waals surface area (Å²) >= 11 is 0. The second-order valence-electron chi connectivity index (χ2n) is 4.42. The summed E-state index contributed by atoms with van der Waals surface area (Å²) in [6.07, 6.45) is 1.06. The van der Waals surface area contributed by atoms with E-state index < -0.39 is 10.0 Å². The van der Waals surface area contributed by atoms with Crippen LogP contribution in [0.25, 0.3) is 0 Å². The van der Waals surface area contributed by atoms with E-state index in [4.69, 9.17) is 0 Å². The van der Waals surface area contributed by atoms with Crippen LogP contribution in [0.3, 0.4) is 0 Å². The van der Waals surface area contributed by atoms with Crippen molar-refractivity contribution in [2.45, 2.75) is 31.6 Å². The summed E-state index contributed by atoms with van der Waals surface area (Å²) in [5.74, 6) is 0.127. The molecule has 1 N–H and O–H groups in total. The van der Waals surface area contributed by atoms with Crippen molar-refractivity contribution in [3.63, 3.8) is 0 Å². The lowest BCUT2D eigenvalue weighted by Crippen LogP contribution is -2.30. The van der Waals surface area contributed by atoms with Gasteiger partial charge in [-0.1, -0.05) is 12.1 Å². The molecule has 5 nitrogen and oxygen atoms in total. The number of sulfonamides is 1. The fourth-order valence-electron chi connectivity index (χ4n) is 1.94. The van der Waals surface area contributed by atoms with Crippen LogP contribution >= 0.6 is 0 Å². The van der Waals surface area contributed by atoms with Gasteiger partial charge in [-0.05, 0) is 45.0 Å². The minimum absolute atomic E-state index is 0.127. The molecule has 1 aromatic carbocycles. The van der Waals surface area contributed by atoms with Gasteiger partial charge in [0.2, 0.25) is 15.9 Å². The van der Waals surface area contributed by atoms with Crippen molar-refractivity contribution < 1.29 is 13.2 Å². The van der Waals surface area contributed by atoms with Crippen LogP contribution in [0.5, 0.6) is 0 Å². The van der Waals surface area contributed by atoms with E-state index in [0.29, 0.717) is 25.9 Å². The molecule has 0 unspecified atom stereocenters. The second-order valence-corrected chi connectivity index (χ2v) is 6.30. The Kier molecular flexibility index (Phi) is 6.16. The van der Waals surface area contributed by atoms with Crippen LogP contribution in [0.2, 0.25) is 0 Å². The number of rotatable bonds is 7. The zero-order valence-corrected chi connectivity index (χ0v) is 13.0. The Morgan fingerprint density at radius 1 is 1.15 bits per heavy atom. The van der Waals surface area contributed by atoms with E-state index in [0.717, 1.165) is 5.56 Å². The molecular weight excluding hydrogens is 276 g/mol. The molecule has 0 bridgehead atoms. The van der Waals surface area contributed by atoms with Crippen LogP contribution in [-0.4, -0.2) is 39.4 Å². The van der Waals surface area contributed by atoms with Gasteiger partial charge in [0.1, 0.15) is 0 Å². The van der Waals surface area contributed by atoms with Gasteiger partial charge in [0, 0.05) is 19.5 Å². The highest BCUT2D eigenvalue weighted by atomic mass is 32.2. The molecule has 1 rings (SSSR count). The number of nitrogens with zero attached hydrogens (tertiary/aromatic N) is 1. The molecule has 1 amide bonds. The van der Waals surface area contributed by atoms with E-state index in [1.165, 1.54) is 7.05 Å². The molecule has 0 aromatic heterocycles. The van der Waals surface area contributed by atoms with E-state index in [1.54, 1.807) is 29.2 Å². The Bertz CT molecular complexity index is 534. The maximum Gasteiger partial charge on any atom is 0.240 e. The monoisotopic (exact) mass is 298 g/mol. The fourth-order valence-corrected chi connectivity index (χ4v) is 2.67. The summed E-state index contributed by atoms with van der Waals surface area (Å²) in [6.45, 7) is 5.35. The first-order chi connectivity index (χ1) is 9.44. The minimum atomic E-state index is -3.39. The van der Waals surface area contributed by atoms with E-state index in [2.05, 4.69) is 4.72 Å². The van der Waals surface area contributed by atoms with Crippen LogP contribution in [0.15, 0.2) is 29.2 Å². The van der Waals surface area contributed by atoms with Gasteiger partial charge in [-0.3, -0.25) is 4.79 Å². The number of hydrogen-bond donors (Lipinski definition) is 1. The van der Waals surface area contributed by atoms with Crippen molar-refractivity contribution in [1.29, 1.82) is 0 Å². The summed E-state index contributed by atoms with van der Waals surface area (Å²) in [5, 5.41) is 0. The molecule has 6 heteroatoms. The fraction of sp³-hybridized carbons (Fsp3) is 0.500. The van der Waals surface area contributed by atoms with Gasteiger partial charge in [-0.15, -0.1) is 0 Å². The Balaban J connectivity index is 2.65. The molecule has 20 heavy (non-hydrogen) atoms. The lowest BCUT2D eigenvalue weighted by atomic mass is 10.1. The molecule has 0 aliphatic carbocycles. The molecule has 1 aromatic rings. The lowest BCUT2D eigenvalue weighted by Gasteiger charge is -2.18. The minimum Gasteiger partial charge on any atom is -0.343 e. The Labute approximate surface area is 121 Å². The number of aryl methyl sites for hydroxylation is 1. The third-order valence-electron chi connectivity index (χ3n) is 3.25. The van der Waals surface area contributed by atoms with Crippen molar-refractivity contribution in [1.82, 2.24) is 9.62 Å². The zero-order chi connectivity index (χ0) is 15.2. The predicted molar refractivity (Wildman–Crippen MR) is 78.9 cm³/mol. The van der Waals surface area contributed by atoms with Gasteiger partial charge >= 0.3 is 0 Å². The number of nitrogens with one attached hydrogen (secondary N) is 1. The molecule has 0 atom stereocenters. The van der Waals surface area contributed by atoms with Gasteiger partial charge in [-0.25, -0.2) is 13.1 Å². The highest BCUT2D eigenvalue weighted by molar-refractivity contribution is 7.89. The van der Waals surface area contributed by atoms with Crippen molar-refractivity contribution in [2.24, 2.45) is 0 Å². The van der Waals surface area contributed by atoms with Crippen LogP contribution in [0.4, 0.5) is 0 Å². The van der Waals surface area contributed by atoms with Gasteiger partial charge in [0.25, 0.3) is 0 Å². The van der Waals surface area contributed by atoms with Crippen LogP contribution in [0, 0.1) is 0 Å². The quantitative estimate of drug-likeness (QED) is 0.827. The first-order valence-corrected chi connectivity index (χ1v) is 8.23. The first-order valence-electron chi connectivity index (χ1n) is 6.74. The highest BCUT2D eigenvalue weighted by Gasteiger charge is 2.12. The number of carbonyl (C=O) groups excluding carboxylic acids is 1. The Hall–Kier alpha value is -1.40. The van der Waals surface area contributed by atoms with E-state index in [9.17, 15) is 13.2 Å². The molecule has 0 fully saturated rings. The number of benzene rings is 1. The first kappa shape index (κ1) is 16.7. The average Bonchev–Trinajstić information content (AvgIpc) is 2.47. The van der Waals surface area contributed by atoms with Crippen molar-refractivity contribution in [3.8, 4) is 0 Å². The normalized spacial score (nSPS) is 11.3. The van der Waals surface area contributed by atoms with Crippen molar-refractivity contribution in [3.05, 3.63) is 29.8 Å². The highest BCUT2D eigenvalue weighted by Crippen LogP contribution is 2.12. The summed E-state index contributed by atoms with van der Waals surface area (Å²) < 4.78 is 25.4. The molecular formula is C14H22N2O3S. The number of amides is 1. The zero-order valence-electron chi connectivity index (χ0n) is 12.2. The summed E-state index contributed by atoms with van der Waals surface area (Å²) in [7, 11) is -2.01. The van der Waals surface area contributed by atoms with E-state index >= 15 is 0 Å². The molecule has 0 radical (unpaired) electrons. The standard InChI is InChI=1S/C14H22N2O3S/c1-4-16(5-2)14(17)11-8-12-6-9-13(10-7-12)20(18,19)15-3/h6-7,9-10,15H,4-5,8,11H2,1-3H3. The van der Waals surface area contributed by atoms with Gasteiger partial charge in [-0.2, -0.15) is 0 Å². The smallest absolute Gasteiger partial charge is 0.240 e. The topological polar surface area (TPSA) is 66.5 Å². The predicted octanol–water partition coefficient (Wildman–Crippen LogP) is 1.40. The molecule has 0 aliphatic rings. The van der Waals surface area contributed by atoms with Crippen molar-refractivity contribution in [2.75, 3.05) is 20.1 Å². The summed E-state index contributed by atoms with van der Waals surface area (Å²) in [4.78, 5) is 13.9. The average molecular weight is 298 g/mol. The Morgan fingerprint density at radius 3 is 2.15 bits per heavy atom. The number of hydrogen-bond acceptors (Lipinski definition) is 3. The third kappa shape index (κ3) is 4.31. The Morgan fingerprint density at radius 2 is 1.70 bits per heavy atom. The summed E-state index contributed by atoms with van der Waals surface area (Å²) in [6, 6.07) is 6.62. The molecule has 0 aliphatic heterocycles. The van der Waals surface area contributed by atoms with E-state index in [-0.39, 0.29) is 10.8 Å². The third-order valence-corrected chi connectivity index (χ3v) is 4.68. The lowest BCUT2D eigenvalue weighted by molar-refractivity contribution is -0.130. The van der Waals surface area contributed by atoms with Crippen LogP contribution in [-0.2, 0) is 21.2 Å². The van der Waals surface area contributed by atoms with Crippen LogP contribution < -0.4 is 4.72 Å². The molecule has 112 valence electrons. The maximum atomic E-state index is 11.9. The van der Waals surface area contributed by atoms with Gasteiger partial charge in [0.05, 0.1) is 4.90 Å². The SMILES string of the molecule is CCN(CC)C(=O)CCc1ccc(S(=O)(=O)NC)cc1. The van der Waals surface area contributed by atoms with E-state index in [1.807, 2.05) is 13.8 Å². The summed E-state index contributed by atoms with van der Waals surface area (Å²) in [5.41, 5.74) is 0.959. The number of carbonyl (C=O) groups is 1. The largest absolute Gasteiger partial charge is 0.343 e. The van der Waals surface area contributed by atoms with Crippen molar-refractivity contribution >= 4 is 15.9 Å². The van der Waals surface area contributed by atoms with Gasteiger partial charge in [0.15, 0.2) is 0 Å². The maximum absolute atomic E-state index is 11.9. The molecule has 0 saturated carbocycles. The van der Waals surface area contributed by atoms with Crippen LogP contribution in [0.1, 0.15) is 25.8 Å².